The molecule has 0 fully saturated rings. The predicted octanol–water partition coefficient (Wildman–Crippen LogP) is 3.10. The van der Waals surface area contributed by atoms with Crippen molar-refractivity contribution >= 4 is 11.9 Å². The Morgan fingerprint density at radius 2 is 2.10 bits per heavy atom. The highest BCUT2D eigenvalue weighted by Gasteiger charge is 2.12. The predicted molar refractivity (Wildman–Crippen MR) is 80.7 cm³/mol. The maximum Gasteiger partial charge on any atom is 0.189 e. The van der Waals surface area contributed by atoms with E-state index in [2.05, 4.69) is 9.97 Å². The van der Waals surface area contributed by atoms with E-state index in [0.717, 1.165) is 0 Å². The Hall–Kier alpha value is -2.56. The van der Waals surface area contributed by atoms with Crippen LogP contribution in [0.2, 0.25) is 0 Å². The van der Waals surface area contributed by atoms with Crippen LogP contribution in [0, 0.1) is 0 Å². The Kier molecular flexibility index (Phi) is 5.15. The second-order valence-corrected chi connectivity index (χ2v) is 4.20. The van der Waals surface area contributed by atoms with Crippen molar-refractivity contribution in [3.05, 3.63) is 48.1 Å². The molecule has 0 unspecified atom stereocenters. The van der Waals surface area contributed by atoms with Crippen LogP contribution in [-0.4, -0.2) is 29.0 Å². The largest absolute Gasteiger partial charge is 0.494 e. The molecule has 0 aliphatic carbocycles. The molecule has 0 spiro atoms. The molecule has 0 saturated heterocycles. The summed E-state index contributed by atoms with van der Waals surface area (Å²) in [6.45, 7) is 4.82. The van der Waals surface area contributed by atoms with Crippen LogP contribution >= 0.6 is 0 Å². The molecule has 0 atom stereocenters. The molecule has 110 valence electrons. The van der Waals surface area contributed by atoms with Gasteiger partial charge in [0.2, 0.25) is 0 Å². The van der Waals surface area contributed by atoms with Crippen LogP contribution < -0.4 is 9.47 Å². The number of H-pyrrole nitrogens is 1. The molecule has 0 amide bonds. The number of ketones is 1. The Morgan fingerprint density at radius 1 is 1.29 bits per heavy atom. The number of hydrogen-bond donors (Lipinski definition) is 1. The summed E-state index contributed by atoms with van der Waals surface area (Å²) in [7, 11) is 0. The molecule has 1 N–H and O–H groups in total. The Morgan fingerprint density at radius 3 is 2.76 bits per heavy atom. The summed E-state index contributed by atoms with van der Waals surface area (Å²) in [6, 6.07) is 5.24. The van der Waals surface area contributed by atoms with Gasteiger partial charge in [-0.15, -0.1) is 0 Å². The highest BCUT2D eigenvalue weighted by Crippen LogP contribution is 2.25. The average molecular weight is 286 g/mol. The molecular formula is C16H18N2O3. The third kappa shape index (κ3) is 3.95. The molecule has 5 heteroatoms. The van der Waals surface area contributed by atoms with Crippen molar-refractivity contribution < 1.29 is 14.3 Å². The number of aromatic amines is 1. The number of carbonyl (C=O) groups is 1. The van der Waals surface area contributed by atoms with Gasteiger partial charge >= 0.3 is 0 Å². The van der Waals surface area contributed by atoms with Gasteiger partial charge in [-0.1, -0.05) is 0 Å². The number of aromatic nitrogens is 2. The van der Waals surface area contributed by atoms with Crippen molar-refractivity contribution in [3.63, 3.8) is 0 Å². The molecule has 0 bridgehead atoms. The van der Waals surface area contributed by atoms with Crippen LogP contribution in [0.25, 0.3) is 6.08 Å². The molecule has 1 aromatic carbocycles. The normalized spacial score (nSPS) is 10.8. The first-order valence-corrected chi connectivity index (χ1v) is 6.86. The van der Waals surface area contributed by atoms with Gasteiger partial charge in [0.15, 0.2) is 5.78 Å². The number of ether oxygens (including phenoxy) is 2. The van der Waals surface area contributed by atoms with E-state index in [4.69, 9.17) is 9.47 Å². The summed E-state index contributed by atoms with van der Waals surface area (Å²) < 4.78 is 10.9. The van der Waals surface area contributed by atoms with Crippen molar-refractivity contribution in [1.82, 2.24) is 9.97 Å². The van der Waals surface area contributed by atoms with Gasteiger partial charge in [0.1, 0.15) is 17.3 Å². The summed E-state index contributed by atoms with van der Waals surface area (Å²) in [5.74, 6) is 1.67. The second-order valence-electron chi connectivity index (χ2n) is 4.20. The maximum atomic E-state index is 12.3. The van der Waals surface area contributed by atoms with Crippen LogP contribution in [0.3, 0.4) is 0 Å². The number of nitrogens with one attached hydrogen (secondary N) is 1. The molecule has 5 nitrogen and oxygen atoms in total. The monoisotopic (exact) mass is 286 g/mol. The first kappa shape index (κ1) is 14.8. The van der Waals surface area contributed by atoms with Crippen molar-refractivity contribution in [2.75, 3.05) is 13.2 Å². The zero-order valence-corrected chi connectivity index (χ0v) is 12.1. The Balaban J connectivity index is 2.26. The van der Waals surface area contributed by atoms with Gasteiger partial charge in [-0.05, 0) is 44.2 Å². The van der Waals surface area contributed by atoms with E-state index < -0.39 is 0 Å². The van der Waals surface area contributed by atoms with Crippen LogP contribution in [0.4, 0.5) is 0 Å². The number of imidazole rings is 1. The third-order valence-electron chi connectivity index (χ3n) is 2.74. The molecule has 0 saturated carbocycles. The van der Waals surface area contributed by atoms with Gasteiger partial charge in [0, 0.05) is 12.4 Å². The number of benzene rings is 1. The van der Waals surface area contributed by atoms with Gasteiger partial charge in [0.05, 0.1) is 18.8 Å². The molecule has 0 aliphatic heterocycles. The van der Waals surface area contributed by atoms with Crippen LogP contribution in [0.1, 0.15) is 30.0 Å². The minimum absolute atomic E-state index is 0.156. The van der Waals surface area contributed by atoms with Crippen molar-refractivity contribution in [1.29, 1.82) is 0 Å². The highest BCUT2D eigenvalue weighted by atomic mass is 16.5. The molecule has 2 aromatic rings. The standard InChI is InChI=1S/C16H18N2O3/c1-3-20-12-5-7-15(21-4-2)13(11-12)14(19)6-8-16-17-9-10-18-16/h5-11H,3-4H2,1-2H3,(H,17,18). The quantitative estimate of drug-likeness (QED) is 0.627. The number of carbonyl (C=O) groups excluding carboxylic acids is 1. The highest BCUT2D eigenvalue weighted by molar-refractivity contribution is 6.08. The van der Waals surface area contributed by atoms with Gasteiger partial charge in [0.25, 0.3) is 0 Å². The van der Waals surface area contributed by atoms with Crippen molar-refractivity contribution in [2.45, 2.75) is 13.8 Å². The van der Waals surface area contributed by atoms with Gasteiger partial charge in [-0.25, -0.2) is 4.98 Å². The lowest BCUT2D eigenvalue weighted by Crippen LogP contribution is -2.03. The van der Waals surface area contributed by atoms with Gasteiger partial charge in [-0.3, -0.25) is 4.79 Å². The second kappa shape index (κ2) is 7.28. The van der Waals surface area contributed by atoms with E-state index >= 15 is 0 Å². The minimum Gasteiger partial charge on any atom is -0.494 e. The van der Waals surface area contributed by atoms with Gasteiger partial charge in [-0.2, -0.15) is 0 Å². The molecule has 21 heavy (non-hydrogen) atoms. The first-order valence-electron chi connectivity index (χ1n) is 6.86. The molecule has 2 rings (SSSR count). The first-order chi connectivity index (χ1) is 10.2. The van der Waals surface area contributed by atoms with Gasteiger partial charge < -0.3 is 14.5 Å². The fraction of sp³-hybridized carbons (Fsp3) is 0.250. The fourth-order valence-corrected chi connectivity index (χ4v) is 1.85. The van der Waals surface area contributed by atoms with E-state index in [0.29, 0.717) is 36.1 Å². The number of nitrogens with zero attached hydrogens (tertiary/aromatic N) is 1. The molecule has 0 aliphatic rings. The number of hydrogen-bond acceptors (Lipinski definition) is 4. The van der Waals surface area contributed by atoms with E-state index in [1.807, 2.05) is 13.8 Å². The average Bonchev–Trinajstić information content (AvgIpc) is 3.00. The van der Waals surface area contributed by atoms with Crippen LogP contribution in [0.15, 0.2) is 36.7 Å². The maximum absolute atomic E-state index is 12.3. The minimum atomic E-state index is -0.156. The fourth-order valence-electron chi connectivity index (χ4n) is 1.85. The summed E-state index contributed by atoms with van der Waals surface area (Å²) >= 11 is 0. The van der Waals surface area contributed by atoms with E-state index in [1.165, 1.54) is 6.08 Å². The van der Waals surface area contributed by atoms with Crippen molar-refractivity contribution in [2.24, 2.45) is 0 Å². The number of rotatable bonds is 7. The van der Waals surface area contributed by atoms with Crippen LogP contribution in [0.5, 0.6) is 11.5 Å². The lowest BCUT2D eigenvalue weighted by molar-refractivity contribution is 0.104. The summed E-state index contributed by atoms with van der Waals surface area (Å²) in [4.78, 5) is 19.3. The molecule has 1 heterocycles. The summed E-state index contributed by atoms with van der Waals surface area (Å²) in [5, 5.41) is 0. The lowest BCUT2D eigenvalue weighted by Gasteiger charge is -2.10. The molecule has 0 radical (unpaired) electrons. The summed E-state index contributed by atoms with van der Waals surface area (Å²) in [6.07, 6.45) is 6.43. The third-order valence-corrected chi connectivity index (χ3v) is 2.74. The van der Waals surface area contributed by atoms with E-state index in [-0.39, 0.29) is 5.78 Å². The van der Waals surface area contributed by atoms with Crippen LogP contribution in [-0.2, 0) is 0 Å². The number of allylic oxidation sites excluding steroid dienone is 1. The smallest absolute Gasteiger partial charge is 0.189 e. The Labute approximate surface area is 123 Å². The van der Waals surface area contributed by atoms with E-state index in [1.54, 1.807) is 36.7 Å². The molecule has 1 aromatic heterocycles. The van der Waals surface area contributed by atoms with E-state index in [9.17, 15) is 4.79 Å². The SMILES string of the molecule is CCOc1ccc(OCC)c(C(=O)C=Cc2ncc[nH]2)c1. The lowest BCUT2D eigenvalue weighted by atomic mass is 10.1. The Bertz CT molecular complexity index is 618. The topological polar surface area (TPSA) is 64.2 Å². The van der Waals surface area contributed by atoms with Crippen molar-refractivity contribution in [3.8, 4) is 11.5 Å². The zero-order valence-electron chi connectivity index (χ0n) is 12.1. The summed E-state index contributed by atoms with van der Waals surface area (Å²) in [5.41, 5.74) is 0.477. The molecular weight excluding hydrogens is 268 g/mol. The zero-order chi connectivity index (χ0) is 15.1.